The van der Waals surface area contributed by atoms with Crippen LogP contribution in [0.2, 0.25) is 0 Å². The fourth-order valence-corrected chi connectivity index (χ4v) is 2.81. The van der Waals surface area contributed by atoms with Gasteiger partial charge in [-0.3, -0.25) is 4.90 Å². The molecule has 1 fully saturated rings. The van der Waals surface area contributed by atoms with Crippen LogP contribution in [0.5, 0.6) is 0 Å². The lowest BCUT2D eigenvalue weighted by Crippen LogP contribution is -2.37. The first kappa shape index (κ1) is 13.5. The SMILES string of the molecule is CCN(Cc1ccccc1)[C@@H]1CCN(CCN)C1. The van der Waals surface area contributed by atoms with Gasteiger partial charge in [0.05, 0.1) is 0 Å². The molecule has 0 radical (unpaired) electrons. The topological polar surface area (TPSA) is 32.5 Å². The molecule has 2 rings (SSSR count). The molecule has 0 aliphatic carbocycles. The van der Waals surface area contributed by atoms with Gasteiger partial charge in [0.2, 0.25) is 0 Å². The van der Waals surface area contributed by atoms with Gasteiger partial charge in [0, 0.05) is 32.2 Å². The van der Waals surface area contributed by atoms with Gasteiger partial charge < -0.3 is 10.6 Å². The Morgan fingerprint density at radius 2 is 2.11 bits per heavy atom. The summed E-state index contributed by atoms with van der Waals surface area (Å²) in [5, 5.41) is 0. The Balaban J connectivity index is 1.90. The third-order valence-corrected chi connectivity index (χ3v) is 3.84. The van der Waals surface area contributed by atoms with Crippen molar-refractivity contribution in [3.63, 3.8) is 0 Å². The summed E-state index contributed by atoms with van der Waals surface area (Å²) >= 11 is 0. The highest BCUT2D eigenvalue weighted by Crippen LogP contribution is 2.17. The minimum absolute atomic E-state index is 0.696. The number of rotatable bonds is 6. The van der Waals surface area contributed by atoms with Gasteiger partial charge in [-0.25, -0.2) is 0 Å². The summed E-state index contributed by atoms with van der Waals surface area (Å²) in [7, 11) is 0. The van der Waals surface area contributed by atoms with Crippen LogP contribution < -0.4 is 5.73 Å². The van der Waals surface area contributed by atoms with Crippen molar-refractivity contribution in [2.45, 2.75) is 25.9 Å². The number of nitrogens with two attached hydrogens (primary N) is 1. The van der Waals surface area contributed by atoms with Gasteiger partial charge in [-0.2, -0.15) is 0 Å². The zero-order valence-electron chi connectivity index (χ0n) is 11.4. The van der Waals surface area contributed by atoms with Gasteiger partial charge in [-0.05, 0) is 25.1 Å². The number of likely N-dealkylation sites (tertiary alicyclic amines) is 1. The Morgan fingerprint density at radius 3 is 2.78 bits per heavy atom. The Hall–Kier alpha value is -0.900. The first-order valence-electron chi connectivity index (χ1n) is 7.04. The number of hydrogen-bond donors (Lipinski definition) is 1. The van der Waals surface area contributed by atoms with E-state index in [4.69, 9.17) is 5.73 Å². The van der Waals surface area contributed by atoms with Crippen LogP contribution in [0.3, 0.4) is 0 Å². The highest BCUT2D eigenvalue weighted by Gasteiger charge is 2.26. The van der Waals surface area contributed by atoms with E-state index in [1.807, 2.05) is 0 Å². The van der Waals surface area contributed by atoms with Crippen molar-refractivity contribution in [2.75, 3.05) is 32.7 Å². The van der Waals surface area contributed by atoms with Crippen LogP contribution in [0.15, 0.2) is 30.3 Å². The molecule has 1 saturated heterocycles. The monoisotopic (exact) mass is 247 g/mol. The molecule has 1 atom stereocenters. The van der Waals surface area contributed by atoms with Crippen molar-refractivity contribution in [3.05, 3.63) is 35.9 Å². The molecule has 18 heavy (non-hydrogen) atoms. The molecule has 0 saturated carbocycles. The van der Waals surface area contributed by atoms with Crippen molar-refractivity contribution >= 4 is 0 Å². The van der Waals surface area contributed by atoms with Crippen molar-refractivity contribution in [1.82, 2.24) is 9.80 Å². The largest absolute Gasteiger partial charge is 0.329 e. The second-order valence-corrected chi connectivity index (χ2v) is 5.08. The average molecular weight is 247 g/mol. The van der Waals surface area contributed by atoms with Crippen LogP contribution in [0.25, 0.3) is 0 Å². The molecule has 1 aliphatic rings. The first-order valence-corrected chi connectivity index (χ1v) is 7.04. The van der Waals surface area contributed by atoms with E-state index in [1.165, 1.54) is 25.1 Å². The summed E-state index contributed by atoms with van der Waals surface area (Å²) in [6.45, 7) is 8.64. The fraction of sp³-hybridized carbons (Fsp3) is 0.600. The molecule has 1 aromatic carbocycles. The molecule has 0 amide bonds. The summed E-state index contributed by atoms with van der Waals surface area (Å²) in [6, 6.07) is 11.5. The van der Waals surface area contributed by atoms with Crippen molar-refractivity contribution in [2.24, 2.45) is 5.73 Å². The lowest BCUT2D eigenvalue weighted by molar-refractivity contribution is 0.194. The maximum atomic E-state index is 5.63. The standard InChI is InChI=1S/C15H25N3/c1-2-18(12-14-6-4-3-5-7-14)15-8-10-17(13-15)11-9-16/h3-7,15H,2,8-13,16H2,1H3/t15-/m1/s1. The van der Waals surface area contributed by atoms with E-state index < -0.39 is 0 Å². The van der Waals surface area contributed by atoms with Gasteiger partial charge in [-0.15, -0.1) is 0 Å². The quantitative estimate of drug-likeness (QED) is 0.827. The number of nitrogens with zero attached hydrogens (tertiary/aromatic N) is 2. The van der Waals surface area contributed by atoms with E-state index in [-0.39, 0.29) is 0 Å². The third kappa shape index (κ3) is 3.55. The summed E-state index contributed by atoms with van der Waals surface area (Å²) in [5.41, 5.74) is 7.04. The zero-order valence-corrected chi connectivity index (χ0v) is 11.4. The van der Waals surface area contributed by atoms with Crippen molar-refractivity contribution in [1.29, 1.82) is 0 Å². The molecular formula is C15H25N3. The lowest BCUT2D eigenvalue weighted by Gasteiger charge is -2.27. The van der Waals surface area contributed by atoms with Gasteiger partial charge in [0.25, 0.3) is 0 Å². The average Bonchev–Trinajstić information content (AvgIpc) is 2.86. The number of benzene rings is 1. The van der Waals surface area contributed by atoms with Crippen LogP contribution in [-0.2, 0) is 6.54 Å². The Kier molecular flexibility index (Phi) is 5.17. The van der Waals surface area contributed by atoms with Gasteiger partial charge in [0.1, 0.15) is 0 Å². The summed E-state index contributed by atoms with van der Waals surface area (Å²) in [4.78, 5) is 5.07. The van der Waals surface area contributed by atoms with E-state index in [0.717, 1.165) is 26.2 Å². The van der Waals surface area contributed by atoms with E-state index in [0.29, 0.717) is 6.04 Å². The van der Waals surface area contributed by atoms with E-state index >= 15 is 0 Å². The highest BCUT2D eigenvalue weighted by atomic mass is 15.2. The molecule has 1 heterocycles. The number of likely N-dealkylation sites (N-methyl/N-ethyl adjacent to an activating group) is 1. The lowest BCUT2D eigenvalue weighted by atomic mass is 10.1. The first-order chi connectivity index (χ1) is 8.83. The zero-order chi connectivity index (χ0) is 12.8. The summed E-state index contributed by atoms with van der Waals surface area (Å²) in [5.74, 6) is 0. The third-order valence-electron chi connectivity index (χ3n) is 3.84. The Morgan fingerprint density at radius 1 is 1.33 bits per heavy atom. The van der Waals surface area contributed by atoms with Crippen LogP contribution in [0, 0.1) is 0 Å². The molecule has 100 valence electrons. The molecule has 0 aromatic heterocycles. The minimum atomic E-state index is 0.696. The van der Waals surface area contributed by atoms with E-state index in [2.05, 4.69) is 47.1 Å². The predicted molar refractivity (Wildman–Crippen MR) is 76.4 cm³/mol. The van der Waals surface area contributed by atoms with Crippen molar-refractivity contribution in [3.8, 4) is 0 Å². The second-order valence-electron chi connectivity index (χ2n) is 5.08. The minimum Gasteiger partial charge on any atom is -0.329 e. The van der Waals surface area contributed by atoms with Crippen LogP contribution in [0.1, 0.15) is 18.9 Å². The van der Waals surface area contributed by atoms with Gasteiger partial charge >= 0.3 is 0 Å². The molecule has 3 nitrogen and oxygen atoms in total. The molecule has 1 aromatic rings. The van der Waals surface area contributed by atoms with Gasteiger partial charge in [-0.1, -0.05) is 37.3 Å². The molecule has 3 heteroatoms. The van der Waals surface area contributed by atoms with Crippen molar-refractivity contribution < 1.29 is 0 Å². The molecular weight excluding hydrogens is 222 g/mol. The smallest absolute Gasteiger partial charge is 0.0238 e. The molecule has 0 spiro atoms. The summed E-state index contributed by atoms with van der Waals surface area (Å²) < 4.78 is 0. The Labute approximate surface area is 111 Å². The molecule has 1 aliphatic heterocycles. The van der Waals surface area contributed by atoms with Crippen LogP contribution in [-0.4, -0.2) is 48.6 Å². The maximum absolute atomic E-state index is 5.63. The second kappa shape index (κ2) is 6.88. The fourth-order valence-electron chi connectivity index (χ4n) is 2.81. The highest BCUT2D eigenvalue weighted by molar-refractivity contribution is 5.14. The summed E-state index contributed by atoms with van der Waals surface area (Å²) in [6.07, 6.45) is 1.28. The van der Waals surface area contributed by atoms with Crippen LogP contribution in [0.4, 0.5) is 0 Å². The molecule has 0 bridgehead atoms. The normalized spacial score (nSPS) is 20.7. The van der Waals surface area contributed by atoms with Gasteiger partial charge in [0.15, 0.2) is 0 Å². The molecule has 0 unspecified atom stereocenters. The molecule has 2 N–H and O–H groups in total. The maximum Gasteiger partial charge on any atom is 0.0238 e. The van der Waals surface area contributed by atoms with Crippen LogP contribution >= 0.6 is 0 Å². The van der Waals surface area contributed by atoms with E-state index in [1.54, 1.807) is 0 Å². The Bertz CT molecular complexity index is 339. The number of hydrogen-bond acceptors (Lipinski definition) is 3. The van der Waals surface area contributed by atoms with E-state index in [9.17, 15) is 0 Å². The predicted octanol–water partition coefficient (Wildman–Crippen LogP) is 1.54.